The second-order valence-corrected chi connectivity index (χ2v) is 9.26. The van der Waals surface area contributed by atoms with Gasteiger partial charge in [-0.3, -0.25) is 4.79 Å². The van der Waals surface area contributed by atoms with Gasteiger partial charge in [-0.25, -0.2) is 13.6 Å². The van der Waals surface area contributed by atoms with Crippen LogP contribution in [-0.2, 0) is 16.6 Å². The van der Waals surface area contributed by atoms with Gasteiger partial charge in [-0.1, -0.05) is 18.2 Å². The number of carbonyl (C=O) groups is 1. The van der Waals surface area contributed by atoms with E-state index in [0.29, 0.717) is 27.8 Å². The van der Waals surface area contributed by atoms with Crippen LogP contribution in [0.25, 0.3) is 22.9 Å². The molecule has 152 valence electrons. The van der Waals surface area contributed by atoms with Gasteiger partial charge in [-0.2, -0.15) is 0 Å². The lowest BCUT2D eigenvalue weighted by molar-refractivity contribution is 0.0951. The highest BCUT2D eigenvalue weighted by Crippen LogP contribution is 2.24. The fourth-order valence-electron chi connectivity index (χ4n) is 2.68. The first-order valence-corrected chi connectivity index (χ1v) is 11.2. The number of carbonyl (C=O) groups excluding carboxylic acids is 1. The Morgan fingerprint density at radius 1 is 0.933 bits per heavy atom. The van der Waals surface area contributed by atoms with E-state index in [1.165, 1.54) is 6.07 Å². The van der Waals surface area contributed by atoms with Crippen LogP contribution in [0.15, 0.2) is 75.4 Å². The lowest BCUT2D eigenvalue weighted by Crippen LogP contribution is -2.22. The first-order chi connectivity index (χ1) is 14.4. The van der Waals surface area contributed by atoms with E-state index in [2.05, 4.69) is 15.5 Å². The van der Waals surface area contributed by atoms with Crippen LogP contribution in [0.5, 0.6) is 0 Å². The fourth-order valence-corrected chi connectivity index (χ4v) is 4.40. The van der Waals surface area contributed by atoms with Crippen LogP contribution in [0.3, 0.4) is 0 Å². The van der Waals surface area contributed by atoms with Gasteiger partial charge in [0.1, 0.15) is 4.21 Å². The third-order valence-electron chi connectivity index (χ3n) is 4.18. The lowest BCUT2D eigenvalue weighted by atomic mass is 10.1. The van der Waals surface area contributed by atoms with Gasteiger partial charge in [0.2, 0.25) is 21.8 Å². The summed E-state index contributed by atoms with van der Waals surface area (Å²) in [5.41, 5.74) is 1.97. The molecule has 0 saturated carbocycles. The second-order valence-electron chi connectivity index (χ2n) is 6.30. The number of hydrogen-bond donors (Lipinski definition) is 2. The summed E-state index contributed by atoms with van der Waals surface area (Å²) in [7, 11) is -3.73. The minimum Gasteiger partial charge on any atom is -0.416 e. The van der Waals surface area contributed by atoms with Crippen molar-refractivity contribution in [1.82, 2.24) is 15.5 Å². The third kappa shape index (κ3) is 4.46. The molecule has 30 heavy (non-hydrogen) atoms. The fraction of sp³-hybridized carbons (Fsp3) is 0.0500. The van der Waals surface area contributed by atoms with Crippen LogP contribution in [0.4, 0.5) is 0 Å². The Bertz CT molecular complexity index is 1280. The molecular weight excluding hydrogens is 424 g/mol. The van der Waals surface area contributed by atoms with E-state index in [9.17, 15) is 13.2 Å². The first-order valence-electron chi connectivity index (χ1n) is 8.79. The number of primary sulfonamides is 1. The molecule has 1 amide bonds. The number of nitrogens with two attached hydrogens (primary N) is 1. The van der Waals surface area contributed by atoms with Crippen molar-refractivity contribution >= 4 is 27.3 Å². The first kappa shape index (κ1) is 20.0. The molecule has 10 heteroatoms. The number of thiophene rings is 1. The average Bonchev–Trinajstić information content (AvgIpc) is 3.43. The summed E-state index contributed by atoms with van der Waals surface area (Å²) in [5, 5.41) is 16.0. The molecule has 0 fully saturated rings. The number of rotatable bonds is 6. The van der Waals surface area contributed by atoms with Crippen molar-refractivity contribution in [2.24, 2.45) is 5.14 Å². The summed E-state index contributed by atoms with van der Waals surface area (Å²) >= 11 is 1.02. The van der Waals surface area contributed by atoms with E-state index in [0.717, 1.165) is 16.9 Å². The van der Waals surface area contributed by atoms with Gasteiger partial charge in [0.05, 0.1) is 6.54 Å². The second kappa shape index (κ2) is 8.19. The molecule has 0 aliphatic rings. The van der Waals surface area contributed by atoms with E-state index in [4.69, 9.17) is 9.56 Å². The van der Waals surface area contributed by atoms with E-state index in [1.807, 2.05) is 30.3 Å². The van der Waals surface area contributed by atoms with Crippen molar-refractivity contribution in [2.75, 3.05) is 0 Å². The van der Waals surface area contributed by atoms with Crippen molar-refractivity contribution in [3.63, 3.8) is 0 Å². The maximum atomic E-state index is 12.4. The van der Waals surface area contributed by atoms with Crippen molar-refractivity contribution in [2.45, 2.75) is 10.8 Å². The quantitative estimate of drug-likeness (QED) is 0.474. The average molecular weight is 441 g/mol. The largest absolute Gasteiger partial charge is 0.416 e. The van der Waals surface area contributed by atoms with E-state index in [-0.39, 0.29) is 16.7 Å². The van der Waals surface area contributed by atoms with Gasteiger partial charge in [0.15, 0.2) is 0 Å². The topological polar surface area (TPSA) is 128 Å². The smallest absolute Gasteiger partial charge is 0.251 e. The van der Waals surface area contributed by atoms with Crippen LogP contribution < -0.4 is 10.5 Å². The molecule has 3 N–H and O–H groups in total. The summed E-state index contributed by atoms with van der Waals surface area (Å²) in [6.45, 7) is 0.199. The SMILES string of the molecule is NS(=O)(=O)c1ccc(CNC(=O)c2ccc(-c3nnc(-c4ccccc4)o3)cc2)s1. The summed E-state index contributed by atoms with van der Waals surface area (Å²) in [6, 6.07) is 19.2. The summed E-state index contributed by atoms with van der Waals surface area (Å²) in [6.07, 6.45) is 0. The van der Waals surface area contributed by atoms with Crippen molar-refractivity contribution < 1.29 is 17.6 Å². The molecule has 2 heterocycles. The molecule has 4 aromatic rings. The molecule has 0 bridgehead atoms. The number of hydrogen-bond acceptors (Lipinski definition) is 7. The van der Waals surface area contributed by atoms with E-state index in [1.54, 1.807) is 30.3 Å². The molecule has 0 spiro atoms. The predicted octanol–water partition coefficient (Wildman–Crippen LogP) is 3.04. The molecule has 0 aliphatic carbocycles. The van der Waals surface area contributed by atoms with Gasteiger partial charge in [-0.15, -0.1) is 21.5 Å². The highest BCUT2D eigenvalue weighted by molar-refractivity contribution is 7.91. The van der Waals surface area contributed by atoms with Crippen LogP contribution in [0.2, 0.25) is 0 Å². The van der Waals surface area contributed by atoms with Crippen molar-refractivity contribution in [3.8, 4) is 22.9 Å². The molecule has 0 saturated heterocycles. The normalized spacial score (nSPS) is 11.4. The van der Waals surface area contributed by atoms with E-state index >= 15 is 0 Å². The number of nitrogens with one attached hydrogen (secondary N) is 1. The van der Waals surface area contributed by atoms with Crippen LogP contribution in [0, 0.1) is 0 Å². The standard InChI is InChI=1S/C20H16N4O4S2/c21-30(26,27)17-11-10-16(29-17)12-22-18(25)13-6-8-15(9-7-13)20-24-23-19(28-20)14-4-2-1-3-5-14/h1-11H,12H2,(H,22,25)(H2,21,26,27). The third-order valence-corrected chi connectivity index (χ3v) is 6.70. The van der Waals surface area contributed by atoms with Gasteiger partial charge in [0.25, 0.3) is 5.91 Å². The molecule has 0 unspecified atom stereocenters. The molecule has 8 nitrogen and oxygen atoms in total. The number of nitrogens with zero attached hydrogens (tertiary/aromatic N) is 2. The maximum Gasteiger partial charge on any atom is 0.251 e. The minimum atomic E-state index is -3.73. The number of amides is 1. The number of benzene rings is 2. The van der Waals surface area contributed by atoms with E-state index < -0.39 is 10.0 Å². The van der Waals surface area contributed by atoms with Gasteiger partial charge in [0, 0.05) is 21.6 Å². The van der Waals surface area contributed by atoms with Crippen LogP contribution in [-0.4, -0.2) is 24.5 Å². The predicted molar refractivity (Wildman–Crippen MR) is 112 cm³/mol. The number of sulfonamides is 1. The lowest BCUT2D eigenvalue weighted by Gasteiger charge is -2.04. The molecule has 0 radical (unpaired) electrons. The Kier molecular flexibility index (Phi) is 5.44. The Morgan fingerprint density at radius 3 is 2.17 bits per heavy atom. The highest BCUT2D eigenvalue weighted by Gasteiger charge is 2.14. The molecule has 2 aromatic heterocycles. The zero-order chi connectivity index (χ0) is 21.1. The monoisotopic (exact) mass is 440 g/mol. The Hall–Kier alpha value is -3.34. The number of aromatic nitrogens is 2. The van der Waals surface area contributed by atoms with Gasteiger partial charge >= 0.3 is 0 Å². The Morgan fingerprint density at radius 2 is 1.57 bits per heavy atom. The summed E-state index contributed by atoms with van der Waals surface area (Å²) < 4.78 is 28.4. The molecule has 0 aliphatic heterocycles. The Balaban J connectivity index is 1.41. The molecular formula is C20H16N4O4S2. The van der Waals surface area contributed by atoms with Crippen LogP contribution in [0.1, 0.15) is 15.2 Å². The summed E-state index contributed by atoms with van der Waals surface area (Å²) in [4.78, 5) is 13.0. The molecule has 0 atom stereocenters. The summed E-state index contributed by atoms with van der Waals surface area (Å²) in [5.74, 6) is 0.486. The maximum absolute atomic E-state index is 12.4. The molecule has 2 aromatic carbocycles. The van der Waals surface area contributed by atoms with Gasteiger partial charge < -0.3 is 9.73 Å². The zero-order valence-electron chi connectivity index (χ0n) is 15.5. The van der Waals surface area contributed by atoms with Crippen molar-refractivity contribution in [1.29, 1.82) is 0 Å². The highest BCUT2D eigenvalue weighted by atomic mass is 32.2. The molecule has 4 rings (SSSR count). The Labute approximate surface area is 176 Å². The van der Waals surface area contributed by atoms with Crippen LogP contribution >= 0.6 is 11.3 Å². The minimum absolute atomic E-state index is 0.0607. The van der Waals surface area contributed by atoms with Gasteiger partial charge in [-0.05, 0) is 48.5 Å². The van der Waals surface area contributed by atoms with Crippen molar-refractivity contribution in [3.05, 3.63) is 77.2 Å². The zero-order valence-corrected chi connectivity index (χ0v) is 17.1.